The molecule has 3 saturated heterocycles. The molecule has 17 unspecified atom stereocenters. The first-order valence-corrected chi connectivity index (χ1v) is 46.1. The third-order valence-electron chi connectivity index (χ3n) is 22.4. The number of unbranched alkanes of at least 4 members (excludes halogenated alkanes) is 40. The van der Waals surface area contributed by atoms with Crippen LogP contribution in [0.4, 0.5) is 0 Å². The van der Waals surface area contributed by atoms with Gasteiger partial charge in [-0.25, -0.2) is 0 Å². The molecular formula is C95H167NO18. The van der Waals surface area contributed by atoms with Crippen molar-refractivity contribution in [1.29, 1.82) is 0 Å². The maximum Gasteiger partial charge on any atom is 0.220 e. The zero-order chi connectivity index (χ0) is 82.4. The highest BCUT2D eigenvalue weighted by molar-refractivity contribution is 5.76. The van der Waals surface area contributed by atoms with Crippen molar-refractivity contribution < 1.29 is 89.4 Å². The number of allylic oxidation sites excluding steroid dienone is 18. The molecule has 3 aliphatic rings. The van der Waals surface area contributed by atoms with Crippen molar-refractivity contribution in [2.75, 3.05) is 26.4 Å². The summed E-state index contributed by atoms with van der Waals surface area (Å²) in [5, 5.41) is 121. The Morgan fingerprint density at radius 1 is 0.325 bits per heavy atom. The van der Waals surface area contributed by atoms with Crippen molar-refractivity contribution in [3.63, 3.8) is 0 Å². The Bertz CT molecular complexity index is 2480. The van der Waals surface area contributed by atoms with Crippen molar-refractivity contribution in [2.24, 2.45) is 0 Å². The van der Waals surface area contributed by atoms with Gasteiger partial charge in [0.15, 0.2) is 18.9 Å². The highest BCUT2D eigenvalue weighted by atomic mass is 16.8. The van der Waals surface area contributed by atoms with Crippen LogP contribution >= 0.6 is 0 Å². The van der Waals surface area contributed by atoms with E-state index in [4.69, 9.17) is 28.4 Å². The van der Waals surface area contributed by atoms with Crippen LogP contribution in [0.3, 0.4) is 0 Å². The van der Waals surface area contributed by atoms with Crippen LogP contribution in [0.15, 0.2) is 109 Å². The lowest BCUT2D eigenvalue weighted by Crippen LogP contribution is -2.66. The summed E-state index contributed by atoms with van der Waals surface area (Å²) in [5.41, 5.74) is 0. The Kier molecular flexibility index (Phi) is 67.4. The minimum Gasteiger partial charge on any atom is -0.394 e. The summed E-state index contributed by atoms with van der Waals surface area (Å²) >= 11 is 0. The maximum atomic E-state index is 13.6. The predicted molar refractivity (Wildman–Crippen MR) is 461 cm³/mol. The van der Waals surface area contributed by atoms with Gasteiger partial charge in [0.25, 0.3) is 0 Å². The standard InChI is InChI=1S/C95H167NO18/c1-3-5-7-9-11-13-15-17-19-21-23-25-27-29-31-33-34-35-36-37-38-39-40-41-42-43-44-45-47-49-51-53-55-57-59-61-63-65-67-69-71-73-83(101)96-78(79(100)72-70-68-66-64-62-60-58-56-54-52-50-48-46-32-30-28-26-24-22-20-18-16-14-12-10-8-6-4-2)77-109-93-89(107)86(104)91(81(75-98)111-93)114-95-90(108)87(105)92(82(76-99)112-95)113-94-88(106)85(103)84(102)80(74-97)110-94/h5,7,11,13,17,19,23,25,29,31,34-35,37-38,40-41,43-44,78-82,84-95,97-100,102-108H,3-4,6,8-10,12,14-16,18,20-22,24,26-28,30,32-33,36,39,42,45-77H2,1-2H3,(H,96,101)/b7-5-,13-11-,19-17-,25-23-,31-29-,35-34-,38-37-,41-40-,44-43-. The SMILES string of the molecule is CC/C=C\C/C=C\C/C=C\C/C=C\C/C=C\C/C=C\C/C=C\C/C=C\C/C=C\CCCCCCCCCCCCCCCC(=O)NC(COC1OC(CO)C(OC2OC(CO)C(OC3OC(CO)C(O)C(O)C3O)C(O)C2O)C(O)C1O)C(O)CCCCCCCCCCCCCCCCCCCCCCCCCCCCCC. The summed E-state index contributed by atoms with van der Waals surface area (Å²) in [6.45, 7) is 1.73. The summed E-state index contributed by atoms with van der Waals surface area (Å²) in [6.07, 6.45) is 76.2. The van der Waals surface area contributed by atoms with Crippen molar-refractivity contribution >= 4 is 5.91 Å². The molecule has 0 aromatic heterocycles. The molecular weight excluding hydrogens is 1440 g/mol. The van der Waals surface area contributed by atoms with Gasteiger partial charge in [0.2, 0.25) is 5.91 Å². The fraction of sp³-hybridized carbons (Fsp3) is 0.800. The highest BCUT2D eigenvalue weighted by Crippen LogP contribution is 2.34. The normalized spacial score (nSPS) is 25.2. The third kappa shape index (κ3) is 51.2. The van der Waals surface area contributed by atoms with Gasteiger partial charge in [0.05, 0.1) is 38.6 Å². The van der Waals surface area contributed by atoms with Gasteiger partial charge in [-0.1, -0.05) is 374 Å². The molecule has 19 heteroatoms. The minimum absolute atomic E-state index is 0.243. The van der Waals surface area contributed by atoms with Crippen LogP contribution in [-0.2, 0) is 33.2 Å². The second kappa shape index (κ2) is 73.4. The zero-order valence-corrected chi connectivity index (χ0v) is 71.3. The number of nitrogens with one attached hydrogen (secondary N) is 1. The number of hydrogen-bond acceptors (Lipinski definition) is 18. The van der Waals surface area contributed by atoms with E-state index in [2.05, 4.69) is 129 Å². The number of amides is 1. The fourth-order valence-electron chi connectivity index (χ4n) is 15.1. The molecule has 114 heavy (non-hydrogen) atoms. The lowest BCUT2D eigenvalue weighted by molar-refractivity contribution is -0.379. The number of aliphatic hydroxyl groups is 11. The Morgan fingerprint density at radius 3 is 0.947 bits per heavy atom. The van der Waals surface area contributed by atoms with Crippen molar-refractivity contribution in [1.82, 2.24) is 5.32 Å². The molecule has 19 nitrogen and oxygen atoms in total. The molecule has 660 valence electrons. The average molecular weight is 1610 g/mol. The first-order valence-electron chi connectivity index (χ1n) is 46.1. The largest absolute Gasteiger partial charge is 0.394 e. The maximum absolute atomic E-state index is 13.6. The van der Waals surface area contributed by atoms with Crippen LogP contribution in [0.5, 0.6) is 0 Å². The summed E-state index contributed by atoms with van der Waals surface area (Å²) in [5.74, 6) is -0.243. The molecule has 0 aromatic rings. The summed E-state index contributed by atoms with van der Waals surface area (Å²) in [6, 6.07) is -0.896. The van der Waals surface area contributed by atoms with Gasteiger partial charge in [-0.2, -0.15) is 0 Å². The summed E-state index contributed by atoms with van der Waals surface area (Å²) < 4.78 is 34.6. The second-order valence-electron chi connectivity index (χ2n) is 32.4. The molecule has 3 fully saturated rings. The molecule has 0 bridgehead atoms. The van der Waals surface area contributed by atoms with E-state index in [1.807, 2.05) is 0 Å². The van der Waals surface area contributed by atoms with Crippen LogP contribution in [0, 0.1) is 0 Å². The van der Waals surface area contributed by atoms with Gasteiger partial charge in [-0.05, 0) is 83.5 Å². The predicted octanol–water partition coefficient (Wildman–Crippen LogP) is 18.0. The second-order valence-corrected chi connectivity index (χ2v) is 32.4. The van der Waals surface area contributed by atoms with Crippen LogP contribution in [-0.4, -0.2) is 193 Å². The lowest BCUT2D eigenvalue weighted by atomic mass is 9.96. The monoisotopic (exact) mass is 1610 g/mol. The van der Waals surface area contributed by atoms with Gasteiger partial charge in [-0.15, -0.1) is 0 Å². The molecule has 0 saturated carbocycles. The van der Waals surface area contributed by atoms with E-state index in [1.165, 1.54) is 212 Å². The number of ether oxygens (including phenoxy) is 6. The molecule has 3 heterocycles. The minimum atomic E-state index is -1.98. The Balaban J connectivity index is 1.31. The van der Waals surface area contributed by atoms with Gasteiger partial charge < -0.3 is 89.9 Å². The molecule has 0 radical (unpaired) electrons. The van der Waals surface area contributed by atoms with Gasteiger partial charge in [0.1, 0.15) is 73.2 Å². The zero-order valence-electron chi connectivity index (χ0n) is 71.3. The number of aliphatic hydroxyl groups excluding tert-OH is 11. The molecule has 12 N–H and O–H groups in total. The van der Waals surface area contributed by atoms with Crippen LogP contribution in [0.25, 0.3) is 0 Å². The number of hydrogen-bond donors (Lipinski definition) is 12. The molecule has 17 atom stereocenters. The molecule has 3 aliphatic heterocycles. The van der Waals surface area contributed by atoms with Gasteiger partial charge >= 0.3 is 0 Å². The van der Waals surface area contributed by atoms with E-state index in [-0.39, 0.29) is 18.9 Å². The van der Waals surface area contributed by atoms with Crippen LogP contribution in [0.2, 0.25) is 0 Å². The van der Waals surface area contributed by atoms with Crippen molar-refractivity contribution in [3.05, 3.63) is 109 Å². The van der Waals surface area contributed by atoms with Crippen LogP contribution in [0.1, 0.15) is 354 Å². The van der Waals surface area contributed by atoms with E-state index in [9.17, 15) is 61.0 Å². The number of carbonyl (C=O) groups is 1. The lowest BCUT2D eigenvalue weighted by Gasteiger charge is -2.48. The van der Waals surface area contributed by atoms with Crippen molar-refractivity contribution in [2.45, 2.75) is 458 Å². The molecule has 0 aromatic carbocycles. The molecule has 1 amide bonds. The molecule has 3 rings (SSSR count). The smallest absolute Gasteiger partial charge is 0.220 e. The fourth-order valence-corrected chi connectivity index (χ4v) is 15.1. The Morgan fingerprint density at radius 2 is 0.605 bits per heavy atom. The topological polar surface area (TPSA) is 307 Å². The van der Waals surface area contributed by atoms with Gasteiger partial charge in [-0.3, -0.25) is 4.79 Å². The van der Waals surface area contributed by atoms with Gasteiger partial charge in [0, 0.05) is 6.42 Å². The summed E-state index contributed by atoms with van der Waals surface area (Å²) in [4.78, 5) is 13.6. The Hall–Kier alpha value is -3.55. The third-order valence-corrected chi connectivity index (χ3v) is 22.4. The van der Waals surface area contributed by atoms with E-state index < -0.39 is 124 Å². The highest BCUT2D eigenvalue weighted by Gasteiger charge is 2.54. The molecule has 0 spiro atoms. The molecule has 0 aliphatic carbocycles. The van der Waals surface area contributed by atoms with E-state index in [0.717, 1.165) is 109 Å². The number of rotatable bonds is 74. The van der Waals surface area contributed by atoms with Crippen molar-refractivity contribution in [3.8, 4) is 0 Å². The van der Waals surface area contributed by atoms with E-state index in [0.29, 0.717) is 12.8 Å². The van der Waals surface area contributed by atoms with E-state index in [1.54, 1.807) is 0 Å². The average Bonchev–Trinajstić information content (AvgIpc) is 0.782. The number of carbonyl (C=O) groups excluding carboxylic acids is 1. The first-order chi connectivity index (χ1) is 55.8. The van der Waals surface area contributed by atoms with Crippen LogP contribution < -0.4 is 5.32 Å². The quantitative estimate of drug-likeness (QED) is 0.0199. The first kappa shape index (κ1) is 105. The summed E-state index contributed by atoms with van der Waals surface area (Å²) in [7, 11) is 0. The Labute approximate surface area is 691 Å². The van der Waals surface area contributed by atoms with E-state index >= 15 is 0 Å².